The van der Waals surface area contributed by atoms with Crippen LogP contribution in [0.5, 0.6) is 0 Å². The number of nitrogens with one attached hydrogen (secondary N) is 1. The van der Waals surface area contributed by atoms with Crippen LogP contribution in [0.3, 0.4) is 0 Å². The molecule has 2 aromatic rings. The molecular weight excluding hydrogens is 248 g/mol. The largest absolute Gasteiger partial charge is 0.335 e. The van der Waals surface area contributed by atoms with Crippen molar-refractivity contribution in [3.63, 3.8) is 0 Å². The summed E-state index contributed by atoms with van der Waals surface area (Å²) in [5.41, 5.74) is 1.13. The maximum atomic E-state index is 12.1. The highest BCUT2D eigenvalue weighted by Crippen LogP contribution is 2.10. The smallest absolute Gasteiger partial charge is 0.293 e. The van der Waals surface area contributed by atoms with E-state index in [0.29, 0.717) is 6.54 Å². The predicted molar refractivity (Wildman–Crippen MR) is 70.5 cm³/mol. The van der Waals surface area contributed by atoms with Crippen molar-refractivity contribution in [3.8, 4) is 0 Å². The quantitative estimate of drug-likeness (QED) is 0.899. The average molecular weight is 264 g/mol. The molecule has 0 aromatic carbocycles. The fourth-order valence-electron chi connectivity index (χ4n) is 1.64. The first-order valence-electron chi connectivity index (χ1n) is 5.88. The number of hydrogen-bond acceptors (Lipinski definition) is 4. The highest BCUT2D eigenvalue weighted by molar-refractivity contribution is 7.07. The summed E-state index contributed by atoms with van der Waals surface area (Å²) < 4.78 is 0. The van der Waals surface area contributed by atoms with E-state index >= 15 is 0 Å². The lowest BCUT2D eigenvalue weighted by atomic mass is 10.3. The molecule has 0 aliphatic heterocycles. The van der Waals surface area contributed by atoms with Crippen molar-refractivity contribution in [2.75, 3.05) is 7.05 Å². The number of amides is 1. The molecule has 0 atom stereocenters. The number of aromatic amines is 1. The van der Waals surface area contributed by atoms with Crippen LogP contribution in [0.4, 0.5) is 0 Å². The molecule has 0 bridgehead atoms. The summed E-state index contributed by atoms with van der Waals surface area (Å²) in [5.74, 6) is 0.862. The first kappa shape index (κ1) is 12.8. The molecule has 5 nitrogen and oxygen atoms in total. The molecule has 2 aromatic heterocycles. The minimum absolute atomic E-state index is 0.153. The second-order valence-corrected chi connectivity index (χ2v) is 4.93. The van der Waals surface area contributed by atoms with Crippen LogP contribution in [-0.2, 0) is 13.0 Å². The van der Waals surface area contributed by atoms with Crippen molar-refractivity contribution in [2.45, 2.75) is 26.3 Å². The van der Waals surface area contributed by atoms with E-state index in [0.717, 1.165) is 24.2 Å². The molecule has 6 heteroatoms. The van der Waals surface area contributed by atoms with Gasteiger partial charge in [-0.1, -0.05) is 6.92 Å². The van der Waals surface area contributed by atoms with E-state index in [1.165, 1.54) is 0 Å². The van der Waals surface area contributed by atoms with Crippen molar-refractivity contribution in [3.05, 3.63) is 34.0 Å². The van der Waals surface area contributed by atoms with E-state index in [1.54, 1.807) is 23.3 Å². The minimum atomic E-state index is -0.153. The summed E-state index contributed by atoms with van der Waals surface area (Å²) in [6.07, 6.45) is 1.79. The normalized spacial score (nSPS) is 10.6. The number of aryl methyl sites for hydroxylation is 1. The standard InChI is InChI=1S/C12H16N4OS/c1-3-4-10-13-11(15-14-10)12(17)16(2)7-9-5-6-18-8-9/h5-6,8H,3-4,7H2,1-2H3,(H,13,14,15). The first-order valence-corrected chi connectivity index (χ1v) is 6.82. The van der Waals surface area contributed by atoms with E-state index in [2.05, 4.69) is 22.1 Å². The van der Waals surface area contributed by atoms with Crippen LogP contribution >= 0.6 is 11.3 Å². The molecule has 0 saturated carbocycles. The van der Waals surface area contributed by atoms with Crippen molar-refractivity contribution in [1.29, 1.82) is 0 Å². The van der Waals surface area contributed by atoms with Gasteiger partial charge in [0.1, 0.15) is 5.82 Å². The zero-order valence-electron chi connectivity index (χ0n) is 10.5. The summed E-state index contributed by atoms with van der Waals surface area (Å²) in [5, 5.41) is 10.8. The first-order chi connectivity index (χ1) is 8.70. The Balaban J connectivity index is 2.01. The Hall–Kier alpha value is -1.69. The zero-order valence-corrected chi connectivity index (χ0v) is 11.3. The number of nitrogens with zero attached hydrogens (tertiary/aromatic N) is 3. The van der Waals surface area contributed by atoms with E-state index in [4.69, 9.17) is 0 Å². The number of carbonyl (C=O) groups excluding carboxylic acids is 1. The topological polar surface area (TPSA) is 61.9 Å². The van der Waals surface area contributed by atoms with Crippen LogP contribution in [0.1, 0.15) is 35.4 Å². The summed E-state index contributed by atoms with van der Waals surface area (Å²) in [4.78, 5) is 17.9. The lowest BCUT2D eigenvalue weighted by molar-refractivity contribution is 0.0773. The third kappa shape index (κ3) is 2.95. The van der Waals surface area contributed by atoms with Crippen LogP contribution in [0.25, 0.3) is 0 Å². The van der Waals surface area contributed by atoms with Gasteiger partial charge in [0.15, 0.2) is 0 Å². The van der Waals surface area contributed by atoms with E-state index in [9.17, 15) is 4.79 Å². The van der Waals surface area contributed by atoms with Gasteiger partial charge in [0, 0.05) is 20.0 Å². The molecule has 0 fully saturated rings. The summed E-state index contributed by atoms with van der Waals surface area (Å²) in [7, 11) is 1.76. The molecule has 0 spiro atoms. The molecule has 0 unspecified atom stereocenters. The summed E-state index contributed by atoms with van der Waals surface area (Å²) in [6.45, 7) is 2.65. The van der Waals surface area contributed by atoms with Crippen molar-refractivity contribution in [1.82, 2.24) is 20.1 Å². The molecular formula is C12H16N4OS. The number of hydrogen-bond donors (Lipinski definition) is 1. The fraction of sp³-hybridized carbons (Fsp3) is 0.417. The van der Waals surface area contributed by atoms with Gasteiger partial charge in [-0.2, -0.15) is 11.3 Å². The SMILES string of the molecule is CCCc1nc(C(=O)N(C)Cc2ccsc2)n[nH]1. The maximum Gasteiger partial charge on any atom is 0.293 e. The Morgan fingerprint density at radius 2 is 2.39 bits per heavy atom. The van der Waals surface area contributed by atoms with Crippen LogP contribution < -0.4 is 0 Å². The Labute approximate surface area is 110 Å². The number of carbonyl (C=O) groups is 1. The van der Waals surface area contributed by atoms with Gasteiger partial charge in [0.2, 0.25) is 5.82 Å². The van der Waals surface area contributed by atoms with E-state index in [1.807, 2.05) is 16.8 Å². The highest BCUT2D eigenvalue weighted by Gasteiger charge is 2.17. The van der Waals surface area contributed by atoms with E-state index in [-0.39, 0.29) is 11.7 Å². The second kappa shape index (κ2) is 5.77. The Morgan fingerprint density at radius 3 is 3.06 bits per heavy atom. The van der Waals surface area contributed by atoms with Crippen molar-refractivity contribution >= 4 is 17.2 Å². The minimum Gasteiger partial charge on any atom is -0.335 e. The van der Waals surface area contributed by atoms with Crippen LogP contribution in [0.15, 0.2) is 16.8 Å². The molecule has 0 aliphatic rings. The predicted octanol–water partition coefficient (Wildman–Crippen LogP) is 2.09. The summed E-state index contributed by atoms with van der Waals surface area (Å²) in [6, 6.07) is 2.01. The van der Waals surface area contributed by atoms with Crippen molar-refractivity contribution in [2.24, 2.45) is 0 Å². The molecule has 0 aliphatic carbocycles. The maximum absolute atomic E-state index is 12.1. The zero-order chi connectivity index (χ0) is 13.0. The number of thiophene rings is 1. The van der Waals surface area contributed by atoms with Gasteiger partial charge in [0.25, 0.3) is 5.91 Å². The number of rotatable bonds is 5. The second-order valence-electron chi connectivity index (χ2n) is 4.15. The van der Waals surface area contributed by atoms with Gasteiger partial charge in [-0.15, -0.1) is 5.10 Å². The monoisotopic (exact) mass is 264 g/mol. The lowest BCUT2D eigenvalue weighted by Crippen LogP contribution is -2.27. The van der Waals surface area contributed by atoms with Gasteiger partial charge in [-0.05, 0) is 28.8 Å². The van der Waals surface area contributed by atoms with Gasteiger partial charge >= 0.3 is 0 Å². The lowest BCUT2D eigenvalue weighted by Gasteiger charge is -2.13. The third-order valence-electron chi connectivity index (χ3n) is 2.56. The molecule has 2 rings (SSSR count). The molecule has 1 amide bonds. The van der Waals surface area contributed by atoms with Crippen LogP contribution in [0.2, 0.25) is 0 Å². The molecule has 2 heterocycles. The number of H-pyrrole nitrogens is 1. The molecule has 1 N–H and O–H groups in total. The van der Waals surface area contributed by atoms with Crippen LogP contribution in [-0.4, -0.2) is 33.0 Å². The van der Waals surface area contributed by atoms with Crippen molar-refractivity contribution < 1.29 is 4.79 Å². The van der Waals surface area contributed by atoms with E-state index < -0.39 is 0 Å². The Kier molecular flexibility index (Phi) is 4.09. The van der Waals surface area contributed by atoms with Gasteiger partial charge in [0.05, 0.1) is 0 Å². The molecule has 18 heavy (non-hydrogen) atoms. The Morgan fingerprint density at radius 1 is 1.56 bits per heavy atom. The molecule has 0 saturated heterocycles. The average Bonchev–Trinajstić information content (AvgIpc) is 3.00. The van der Waals surface area contributed by atoms with Crippen LogP contribution in [0, 0.1) is 0 Å². The highest BCUT2D eigenvalue weighted by atomic mass is 32.1. The number of aromatic nitrogens is 3. The third-order valence-corrected chi connectivity index (χ3v) is 3.29. The summed E-state index contributed by atoms with van der Waals surface area (Å²) >= 11 is 1.62. The molecule has 96 valence electrons. The van der Waals surface area contributed by atoms with Gasteiger partial charge in [-0.3, -0.25) is 9.89 Å². The fourth-order valence-corrected chi connectivity index (χ4v) is 2.30. The van der Waals surface area contributed by atoms with Gasteiger partial charge in [-0.25, -0.2) is 4.98 Å². The Bertz CT molecular complexity index is 506. The van der Waals surface area contributed by atoms with Gasteiger partial charge < -0.3 is 4.90 Å². The molecule has 0 radical (unpaired) electrons.